The van der Waals surface area contributed by atoms with Gasteiger partial charge in [-0.25, -0.2) is 0 Å². The molecule has 1 atom stereocenters. The number of hydrogen-bond donors (Lipinski definition) is 0. The molecule has 3 aliphatic heterocycles. The van der Waals surface area contributed by atoms with Crippen LogP contribution in [0, 0.1) is 16.7 Å². The first-order valence-corrected chi connectivity index (χ1v) is 11.7. The van der Waals surface area contributed by atoms with Crippen molar-refractivity contribution >= 4 is 23.2 Å². The zero-order chi connectivity index (χ0) is 19.9. The maximum atomic E-state index is 13.5. The van der Waals surface area contributed by atoms with Crippen LogP contribution < -0.4 is 0 Å². The molecule has 3 saturated heterocycles. The number of fused-ring (bicyclic) bond motifs is 1. The second-order valence-corrected chi connectivity index (χ2v) is 10.1. The van der Waals surface area contributed by atoms with Crippen LogP contribution in [0.5, 0.6) is 0 Å². The van der Waals surface area contributed by atoms with Crippen LogP contribution >= 0.6 is 11.3 Å². The molecule has 0 N–H and O–H groups in total. The van der Waals surface area contributed by atoms with E-state index in [-0.39, 0.29) is 16.7 Å². The molecule has 1 unspecified atom stereocenters. The minimum absolute atomic E-state index is 0.0221. The standard InChI is InChI=1S/C22H33N3O2S/c1-4-24-11-8-22(20(24)27)16-23(13-17(2)3)15-21(22)6-9-25(10-7-21)19(26)18-5-12-28-14-18/h5,12,14,17H,4,6-11,13,15-16H2,1-3H3. The fourth-order valence-electron chi connectivity index (χ4n) is 5.95. The fourth-order valence-corrected chi connectivity index (χ4v) is 6.58. The van der Waals surface area contributed by atoms with Gasteiger partial charge in [-0.15, -0.1) is 0 Å². The second kappa shape index (κ2) is 7.45. The zero-order valence-corrected chi connectivity index (χ0v) is 18.3. The summed E-state index contributed by atoms with van der Waals surface area (Å²) in [6.45, 7) is 12.8. The molecular formula is C22H33N3O2S. The Kier molecular flexibility index (Phi) is 5.29. The van der Waals surface area contributed by atoms with Gasteiger partial charge in [-0.2, -0.15) is 11.3 Å². The van der Waals surface area contributed by atoms with Gasteiger partial charge in [0, 0.05) is 56.6 Å². The second-order valence-electron chi connectivity index (χ2n) is 9.36. The number of amides is 2. The van der Waals surface area contributed by atoms with Crippen LogP contribution in [-0.4, -0.2) is 72.3 Å². The smallest absolute Gasteiger partial charge is 0.254 e. The summed E-state index contributed by atoms with van der Waals surface area (Å²) in [4.78, 5) is 32.9. The Bertz CT molecular complexity index is 724. The Morgan fingerprint density at radius 3 is 2.50 bits per heavy atom. The molecule has 3 fully saturated rings. The number of hydrogen-bond acceptors (Lipinski definition) is 4. The van der Waals surface area contributed by atoms with Crippen molar-refractivity contribution < 1.29 is 9.59 Å². The van der Waals surface area contributed by atoms with Crippen LogP contribution in [0.1, 0.15) is 50.4 Å². The third-order valence-electron chi connectivity index (χ3n) is 7.32. The Balaban J connectivity index is 1.56. The Labute approximate surface area is 172 Å². The summed E-state index contributed by atoms with van der Waals surface area (Å²) in [5.41, 5.74) is 0.585. The number of likely N-dealkylation sites (tertiary alicyclic amines) is 3. The highest BCUT2D eigenvalue weighted by molar-refractivity contribution is 7.08. The third-order valence-corrected chi connectivity index (χ3v) is 8.00. The average Bonchev–Trinajstić information content (AvgIpc) is 3.37. The van der Waals surface area contributed by atoms with Gasteiger partial charge in [0.2, 0.25) is 5.91 Å². The van der Waals surface area contributed by atoms with Gasteiger partial charge < -0.3 is 14.7 Å². The van der Waals surface area contributed by atoms with Crippen LogP contribution in [0.4, 0.5) is 0 Å². The number of piperidine rings is 1. The van der Waals surface area contributed by atoms with Gasteiger partial charge in [0.25, 0.3) is 5.91 Å². The van der Waals surface area contributed by atoms with Crippen LogP contribution in [0.2, 0.25) is 0 Å². The highest BCUT2D eigenvalue weighted by atomic mass is 32.1. The van der Waals surface area contributed by atoms with Gasteiger partial charge in [-0.05, 0) is 43.6 Å². The van der Waals surface area contributed by atoms with Gasteiger partial charge in [0.15, 0.2) is 0 Å². The lowest BCUT2D eigenvalue weighted by molar-refractivity contribution is -0.141. The van der Waals surface area contributed by atoms with Crippen molar-refractivity contribution in [3.8, 4) is 0 Å². The van der Waals surface area contributed by atoms with E-state index in [2.05, 4.69) is 30.6 Å². The largest absolute Gasteiger partial charge is 0.342 e. The monoisotopic (exact) mass is 403 g/mol. The molecule has 0 bridgehead atoms. The molecule has 2 spiro atoms. The lowest BCUT2D eigenvalue weighted by atomic mass is 9.60. The summed E-state index contributed by atoms with van der Waals surface area (Å²) < 4.78 is 0. The van der Waals surface area contributed by atoms with Gasteiger partial charge in [0.1, 0.15) is 0 Å². The van der Waals surface area contributed by atoms with Gasteiger partial charge in [-0.1, -0.05) is 13.8 Å². The summed E-state index contributed by atoms with van der Waals surface area (Å²) >= 11 is 1.57. The summed E-state index contributed by atoms with van der Waals surface area (Å²) in [5, 5.41) is 3.90. The predicted octanol–water partition coefficient (Wildman–Crippen LogP) is 3.18. The molecule has 1 aromatic heterocycles. The summed E-state index contributed by atoms with van der Waals surface area (Å²) in [6.07, 6.45) is 2.87. The minimum atomic E-state index is -0.241. The van der Waals surface area contributed by atoms with Gasteiger partial charge in [0.05, 0.1) is 11.0 Å². The van der Waals surface area contributed by atoms with Crippen LogP contribution in [0.3, 0.4) is 0 Å². The van der Waals surface area contributed by atoms with Crippen molar-refractivity contribution in [2.45, 2.75) is 40.0 Å². The van der Waals surface area contributed by atoms with E-state index in [0.29, 0.717) is 11.8 Å². The lowest BCUT2D eigenvalue weighted by Crippen LogP contribution is -2.53. The lowest BCUT2D eigenvalue weighted by Gasteiger charge is -2.47. The first kappa shape index (κ1) is 19.9. The fraction of sp³-hybridized carbons (Fsp3) is 0.727. The van der Waals surface area contributed by atoms with Crippen molar-refractivity contribution in [2.75, 3.05) is 45.8 Å². The van der Waals surface area contributed by atoms with Gasteiger partial charge >= 0.3 is 0 Å². The SMILES string of the molecule is CCN1CCC2(CN(CC(C)C)CC23CCN(C(=O)c2ccsc2)CC3)C1=O. The molecule has 1 aromatic rings. The van der Waals surface area contributed by atoms with E-state index in [1.54, 1.807) is 11.3 Å². The number of rotatable bonds is 4. The first-order valence-electron chi connectivity index (χ1n) is 10.7. The van der Waals surface area contributed by atoms with E-state index in [1.165, 1.54) is 0 Å². The molecule has 6 heteroatoms. The molecule has 28 heavy (non-hydrogen) atoms. The van der Waals surface area contributed by atoms with Gasteiger partial charge in [-0.3, -0.25) is 9.59 Å². The Morgan fingerprint density at radius 2 is 1.93 bits per heavy atom. The quantitative estimate of drug-likeness (QED) is 0.776. The van der Waals surface area contributed by atoms with E-state index >= 15 is 0 Å². The molecule has 154 valence electrons. The van der Waals surface area contributed by atoms with Crippen molar-refractivity contribution in [2.24, 2.45) is 16.7 Å². The number of carbonyl (C=O) groups is 2. The average molecular weight is 404 g/mol. The van der Waals surface area contributed by atoms with E-state index in [1.807, 2.05) is 21.7 Å². The van der Waals surface area contributed by atoms with E-state index in [4.69, 9.17) is 0 Å². The van der Waals surface area contributed by atoms with Crippen molar-refractivity contribution in [3.63, 3.8) is 0 Å². The van der Waals surface area contributed by atoms with Crippen molar-refractivity contribution in [3.05, 3.63) is 22.4 Å². The normalized spacial score (nSPS) is 27.6. The highest BCUT2D eigenvalue weighted by Crippen LogP contribution is 2.57. The molecule has 4 rings (SSSR count). The summed E-state index contributed by atoms with van der Waals surface area (Å²) in [7, 11) is 0. The number of thiophene rings is 1. The molecule has 0 saturated carbocycles. The number of carbonyl (C=O) groups excluding carboxylic acids is 2. The van der Waals surface area contributed by atoms with E-state index in [0.717, 1.165) is 70.6 Å². The van der Waals surface area contributed by atoms with Crippen molar-refractivity contribution in [1.82, 2.24) is 14.7 Å². The molecule has 0 radical (unpaired) electrons. The molecule has 5 nitrogen and oxygen atoms in total. The summed E-state index contributed by atoms with van der Waals surface area (Å²) in [6, 6.07) is 1.92. The first-order chi connectivity index (χ1) is 13.4. The Morgan fingerprint density at radius 1 is 1.18 bits per heavy atom. The molecule has 0 aliphatic carbocycles. The van der Waals surface area contributed by atoms with Crippen LogP contribution in [0.15, 0.2) is 16.8 Å². The minimum Gasteiger partial charge on any atom is -0.342 e. The molecular weight excluding hydrogens is 370 g/mol. The Hall–Kier alpha value is -1.40. The summed E-state index contributed by atoms with van der Waals surface area (Å²) in [5.74, 6) is 1.13. The number of nitrogens with zero attached hydrogens (tertiary/aromatic N) is 3. The van der Waals surface area contributed by atoms with Crippen LogP contribution in [0.25, 0.3) is 0 Å². The molecule has 0 aromatic carbocycles. The van der Waals surface area contributed by atoms with E-state index in [9.17, 15) is 9.59 Å². The third kappa shape index (κ3) is 3.09. The van der Waals surface area contributed by atoms with E-state index < -0.39 is 0 Å². The predicted molar refractivity (Wildman–Crippen MR) is 112 cm³/mol. The maximum absolute atomic E-state index is 13.5. The van der Waals surface area contributed by atoms with Crippen molar-refractivity contribution in [1.29, 1.82) is 0 Å². The molecule has 2 amide bonds. The molecule has 4 heterocycles. The van der Waals surface area contributed by atoms with Crippen LogP contribution in [-0.2, 0) is 4.79 Å². The topological polar surface area (TPSA) is 43.9 Å². The highest BCUT2D eigenvalue weighted by Gasteiger charge is 2.64. The molecule has 3 aliphatic rings. The maximum Gasteiger partial charge on any atom is 0.254 e. The zero-order valence-electron chi connectivity index (χ0n) is 17.4.